The third-order valence-corrected chi connectivity index (χ3v) is 5.06. The van der Waals surface area contributed by atoms with Crippen molar-refractivity contribution in [2.24, 2.45) is 11.7 Å². The highest BCUT2D eigenvalue weighted by Gasteiger charge is 2.38. The average Bonchev–Trinajstić information content (AvgIpc) is 3.13. The van der Waals surface area contributed by atoms with Gasteiger partial charge in [-0.3, -0.25) is 19.2 Å². The molecule has 1 heterocycles. The number of aliphatic carboxylic acids is 2. The Balaban J connectivity index is 2.87. The highest BCUT2D eigenvalue weighted by atomic mass is 32.1. The number of carbonyl (C=O) groups excluding carboxylic acids is 3. The number of amides is 3. The molecule has 1 saturated heterocycles. The second kappa shape index (κ2) is 11.7. The van der Waals surface area contributed by atoms with Crippen LogP contribution in [0.3, 0.4) is 0 Å². The first-order valence-electron chi connectivity index (χ1n) is 9.70. The molecular formula is C18H30N4O7S. The predicted octanol–water partition coefficient (Wildman–Crippen LogP) is -1.19. The lowest BCUT2D eigenvalue weighted by Gasteiger charge is -2.28. The van der Waals surface area contributed by atoms with Gasteiger partial charge >= 0.3 is 11.9 Å². The molecule has 170 valence electrons. The average molecular weight is 447 g/mol. The molecule has 4 unspecified atom stereocenters. The Kier molecular flexibility index (Phi) is 10.1. The number of hydrogen-bond donors (Lipinski definition) is 6. The Hall–Kier alpha value is -2.34. The number of likely N-dealkylation sites (tertiary alicyclic amines) is 1. The SMILES string of the molecule is CC(C)CC(N)C(=O)NC(CC(=O)O)C(=O)NC(CS)C(=O)N1CCCC1C(=O)O. The monoisotopic (exact) mass is 446 g/mol. The molecule has 30 heavy (non-hydrogen) atoms. The fraction of sp³-hybridized carbons (Fsp3) is 0.722. The van der Waals surface area contributed by atoms with E-state index < -0.39 is 60.2 Å². The van der Waals surface area contributed by atoms with E-state index in [4.69, 9.17) is 10.8 Å². The van der Waals surface area contributed by atoms with Crippen molar-refractivity contribution in [3.05, 3.63) is 0 Å². The summed E-state index contributed by atoms with van der Waals surface area (Å²) >= 11 is 4.05. The van der Waals surface area contributed by atoms with Crippen LogP contribution in [0.2, 0.25) is 0 Å². The molecule has 0 bridgehead atoms. The first-order valence-corrected chi connectivity index (χ1v) is 10.3. The van der Waals surface area contributed by atoms with Gasteiger partial charge in [0.25, 0.3) is 0 Å². The maximum Gasteiger partial charge on any atom is 0.326 e. The van der Waals surface area contributed by atoms with Crippen LogP contribution in [0.25, 0.3) is 0 Å². The molecule has 0 radical (unpaired) electrons. The summed E-state index contributed by atoms with van der Waals surface area (Å²) in [5, 5.41) is 23.0. The minimum Gasteiger partial charge on any atom is -0.481 e. The van der Waals surface area contributed by atoms with E-state index in [1.165, 1.54) is 0 Å². The van der Waals surface area contributed by atoms with E-state index in [1.807, 2.05) is 13.8 Å². The Bertz CT molecular complexity index is 673. The Labute approximate surface area is 180 Å². The van der Waals surface area contributed by atoms with Crippen molar-refractivity contribution in [1.29, 1.82) is 0 Å². The van der Waals surface area contributed by atoms with E-state index in [0.29, 0.717) is 19.3 Å². The molecular weight excluding hydrogens is 416 g/mol. The van der Waals surface area contributed by atoms with E-state index in [2.05, 4.69) is 23.3 Å². The van der Waals surface area contributed by atoms with Crippen molar-refractivity contribution in [3.63, 3.8) is 0 Å². The van der Waals surface area contributed by atoms with Gasteiger partial charge in [0.1, 0.15) is 18.1 Å². The Morgan fingerprint density at radius 3 is 2.20 bits per heavy atom. The van der Waals surface area contributed by atoms with Crippen LogP contribution in [0.15, 0.2) is 0 Å². The maximum absolute atomic E-state index is 12.7. The fourth-order valence-electron chi connectivity index (χ4n) is 3.22. The van der Waals surface area contributed by atoms with Crippen LogP contribution < -0.4 is 16.4 Å². The molecule has 4 atom stereocenters. The molecule has 1 aliphatic rings. The number of thiol groups is 1. The normalized spacial score (nSPS) is 19.1. The van der Waals surface area contributed by atoms with E-state index in [1.54, 1.807) is 0 Å². The van der Waals surface area contributed by atoms with Gasteiger partial charge in [-0.2, -0.15) is 12.6 Å². The number of carbonyl (C=O) groups is 5. The van der Waals surface area contributed by atoms with Crippen LogP contribution in [-0.4, -0.2) is 81.2 Å². The van der Waals surface area contributed by atoms with Gasteiger partial charge < -0.3 is 31.5 Å². The first-order chi connectivity index (χ1) is 14.0. The van der Waals surface area contributed by atoms with E-state index >= 15 is 0 Å². The van der Waals surface area contributed by atoms with Gasteiger partial charge in [-0.15, -0.1) is 0 Å². The van der Waals surface area contributed by atoms with Crippen LogP contribution in [-0.2, 0) is 24.0 Å². The number of nitrogens with two attached hydrogens (primary N) is 1. The molecule has 11 nitrogen and oxygen atoms in total. The summed E-state index contributed by atoms with van der Waals surface area (Å²) in [6.07, 6.45) is 0.457. The minimum atomic E-state index is -1.45. The minimum absolute atomic E-state index is 0.117. The summed E-state index contributed by atoms with van der Waals surface area (Å²) in [6, 6.07) is -4.52. The van der Waals surface area contributed by atoms with Crippen LogP contribution in [0, 0.1) is 5.92 Å². The zero-order chi connectivity index (χ0) is 23.0. The van der Waals surface area contributed by atoms with Crippen molar-refractivity contribution in [2.45, 2.75) is 63.7 Å². The molecule has 0 spiro atoms. The van der Waals surface area contributed by atoms with Gasteiger partial charge in [-0.25, -0.2) is 4.79 Å². The Morgan fingerprint density at radius 2 is 1.70 bits per heavy atom. The molecule has 6 N–H and O–H groups in total. The van der Waals surface area contributed by atoms with Gasteiger partial charge in [0, 0.05) is 12.3 Å². The summed E-state index contributed by atoms with van der Waals surface area (Å²) in [5.74, 6) is -4.67. The lowest BCUT2D eigenvalue weighted by molar-refractivity contribution is -0.149. The smallest absolute Gasteiger partial charge is 0.326 e. The van der Waals surface area contributed by atoms with Gasteiger partial charge in [-0.1, -0.05) is 13.8 Å². The second-order valence-electron chi connectivity index (χ2n) is 7.67. The molecule has 0 aliphatic carbocycles. The molecule has 1 fully saturated rings. The predicted molar refractivity (Wildman–Crippen MR) is 110 cm³/mol. The van der Waals surface area contributed by atoms with Gasteiger partial charge in [0.05, 0.1) is 12.5 Å². The van der Waals surface area contributed by atoms with Crippen molar-refractivity contribution < 1.29 is 34.2 Å². The third kappa shape index (κ3) is 7.48. The number of carboxylic acids is 2. The number of nitrogens with one attached hydrogen (secondary N) is 2. The summed E-state index contributed by atoms with van der Waals surface area (Å²) < 4.78 is 0. The van der Waals surface area contributed by atoms with Crippen LogP contribution in [0.1, 0.15) is 39.5 Å². The summed E-state index contributed by atoms with van der Waals surface area (Å²) in [5.41, 5.74) is 5.78. The third-order valence-electron chi connectivity index (χ3n) is 4.69. The van der Waals surface area contributed by atoms with E-state index in [9.17, 15) is 29.1 Å². The van der Waals surface area contributed by atoms with E-state index in [-0.39, 0.29) is 18.2 Å². The standard InChI is InChI=1S/C18H30N4O7S/c1-9(2)6-10(19)15(25)20-11(7-14(23)24)16(26)21-12(8-30)17(27)22-5-3-4-13(22)18(28)29/h9-13,30H,3-8,19H2,1-2H3,(H,20,25)(H,21,26)(H,23,24)(H,28,29). The maximum atomic E-state index is 12.7. The molecule has 0 aromatic heterocycles. The van der Waals surface area contributed by atoms with Crippen LogP contribution in [0.5, 0.6) is 0 Å². The molecule has 12 heteroatoms. The van der Waals surface area contributed by atoms with Crippen LogP contribution >= 0.6 is 12.6 Å². The van der Waals surface area contributed by atoms with Crippen molar-refractivity contribution in [1.82, 2.24) is 15.5 Å². The highest BCUT2D eigenvalue weighted by Crippen LogP contribution is 2.19. The zero-order valence-corrected chi connectivity index (χ0v) is 17.9. The molecule has 0 aromatic rings. The van der Waals surface area contributed by atoms with Crippen molar-refractivity contribution in [2.75, 3.05) is 12.3 Å². The number of rotatable bonds is 11. The number of carboxylic acid groups (broad SMARTS) is 2. The Morgan fingerprint density at radius 1 is 1.10 bits per heavy atom. The van der Waals surface area contributed by atoms with E-state index in [0.717, 1.165) is 4.90 Å². The number of nitrogens with zero attached hydrogens (tertiary/aromatic N) is 1. The fourth-order valence-corrected chi connectivity index (χ4v) is 3.47. The second-order valence-corrected chi connectivity index (χ2v) is 8.03. The topological polar surface area (TPSA) is 179 Å². The van der Waals surface area contributed by atoms with Crippen LogP contribution in [0.4, 0.5) is 0 Å². The molecule has 0 aromatic carbocycles. The largest absolute Gasteiger partial charge is 0.481 e. The molecule has 1 rings (SSSR count). The zero-order valence-electron chi connectivity index (χ0n) is 17.0. The first kappa shape index (κ1) is 25.7. The lowest BCUT2D eigenvalue weighted by Crippen LogP contribution is -2.58. The number of hydrogen-bond acceptors (Lipinski definition) is 7. The van der Waals surface area contributed by atoms with Gasteiger partial charge in [0.2, 0.25) is 17.7 Å². The molecule has 0 saturated carbocycles. The molecule has 3 amide bonds. The van der Waals surface area contributed by atoms with Crippen molar-refractivity contribution >= 4 is 42.3 Å². The summed E-state index contributed by atoms with van der Waals surface area (Å²) in [6.45, 7) is 3.95. The highest BCUT2D eigenvalue weighted by molar-refractivity contribution is 7.80. The quantitative estimate of drug-likeness (QED) is 0.214. The van der Waals surface area contributed by atoms with Crippen molar-refractivity contribution in [3.8, 4) is 0 Å². The van der Waals surface area contributed by atoms with Gasteiger partial charge in [-0.05, 0) is 25.2 Å². The lowest BCUT2D eigenvalue weighted by atomic mass is 10.0. The summed E-state index contributed by atoms with van der Waals surface area (Å²) in [4.78, 5) is 61.2. The van der Waals surface area contributed by atoms with Gasteiger partial charge in [0.15, 0.2) is 0 Å². The summed E-state index contributed by atoms with van der Waals surface area (Å²) in [7, 11) is 0. The molecule has 1 aliphatic heterocycles.